The molecule has 3 aromatic rings. The Morgan fingerprint density at radius 3 is 2.89 bits per heavy atom. The maximum atomic E-state index is 9.23. The van der Waals surface area contributed by atoms with Crippen LogP contribution in [0.1, 0.15) is 5.56 Å². The Bertz CT molecular complexity index is 785. The van der Waals surface area contributed by atoms with E-state index >= 15 is 0 Å². The van der Waals surface area contributed by atoms with Crippen molar-refractivity contribution in [2.75, 3.05) is 0 Å². The van der Waals surface area contributed by atoms with Crippen LogP contribution in [0.3, 0.4) is 0 Å². The number of benzene rings is 1. The predicted octanol–water partition coefficient (Wildman–Crippen LogP) is 2.99. The molecule has 0 fully saturated rings. The molecule has 0 spiro atoms. The van der Waals surface area contributed by atoms with E-state index in [0.29, 0.717) is 5.56 Å². The molecule has 1 aromatic carbocycles. The van der Waals surface area contributed by atoms with Gasteiger partial charge >= 0.3 is 0 Å². The standard InChI is InChI=1S/C14H10N4S/c1-18-9-11(8-16-18)19-14-6-10(7-15)12-4-2-3-5-13(12)17-14/h2-6,8-9H,1H3. The Hall–Kier alpha value is -2.32. The Morgan fingerprint density at radius 2 is 2.16 bits per heavy atom. The van der Waals surface area contributed by atoms with E-state index in [0.717, 1.165) is 20.8 Å². The van der Waals surface area contributed by atoms with E-state index in [1.54, 1.807) is 10.9 Å². The second-order valence-corrected chi connectivity index (χ2v) is 5.18. The summed E-state index contributed by atoms with van der Waals surface area (Å²) in [4.78, 5) is 5.57. The van der Waals surface area contributed by atoms with E-state index in [-0.39, 0.29) is 0 Å². The van der Waals surface area contributed by atoms with Crippen LogP contribution in [0.2, 0.25) is 0 Å². The van der Waals surface area contributed by atoms with Gasteiger partial charge in [-0.1, -0.05) is 30.0 Å². The molecular weight excluding hydrogens is 256 g/mol. The maximum absolute atomic E-state index is 9.23. The van der Waals surface area contributed by atoms with E-state index in [4.69, 9.17) is 0 Å². The SMILES string of the molecule is Cn1cc(Sc2cc(C#N)c3ccccc3n2)cn1. The second-order valence-electron chi connectivity index (χ2n) is 4.09. The minimum absolute atomic E-state index is 0.650. The zero-order valence-corrected chi connectivity index (χ0v) is 11.1. The number of fused-ring (bicyclic) bond motifs is 1. The van der Waals surface area contributed by atoms with Crippen LogP contribution in [-0.4, -0.2) is 14.8 Å². The first-order chi connectivity index (χ1) is 9.26. The summed E-state index contributed by atoms with van der Waals surface area (Å²) in [5.74, 6) is 0. The van der Waals surface area contributed by atoms with Gasteiger partial charge in [-0.25, -0.2) is 4.98 Å². The number of aryl methyl sites for hydroxylation is 1. The topological polar surface area (TPSA) is 54.5 Å². The van der Waals surface area contributed by atoms with Gasteiger partial charge in [-0.15, -0.1) is 0 Å². The van der Waals surface area contributed by atoms with Gasteiger partial charge in [-0.3, -0.25) is 4.68 Å². The summed E-state index contributed by atoms with van der Waals surface area (Å²) in [6.07, 6.45) is 3.71. The van der Waals surface area contributed by atoms with Gasteiger partial charge in [0.05, 0.1) is 28.2 Å². The highest BCUT2D eigenvalue weighted by molar-refractivity contribution is 7.99. The van der Waals surface area contributed by atoms with Crippen LogP contribution >= 0.6 is 11.8 Å². The highest BCUT2D eigenvalue weighted by Gasteiger charge is 2.07. The minimum Gasteiger partial charge on any atom is -0.275 e. The van der Waals surface area contributed by atoms with Gasteiger partial charge in [-0.2, -0.15) is 10.4 Å². The lowest BCUT2D eigenvalue weighted by molar-refractivity contribution is 0.766. The molecule has 0 N–H and O–H groups in total. The van der Waals surface area contributed by atoms with Crippen LogP contribution in [0.5, 0.6) is 0 Å². The fourth-order valence-electron chi connectivity index (χ4n) is 1.87. The Kier molecular flexibility index (Phi) is 2.94. The van der Waals surface area contributed by atoms with E-state index in [2.05, 4.69) is 16.2 Å². The van der Waals surface area contributed by atoms with E-state index in [1.165, 1.54) is 11.8 Å². The van der Waals surface area contributed by atoms with Crippen LogP contribution in [-0.2, 0) is 7.05 Å². The molecule has 0 aliphatic rings. The summed E-state index contributed by atoms with van der Waals surface area (Å²) in [5.41, 5.74) is 1.49. The van der Waals surface area contributed by atoms with Crippen molar-refractivity contribution < 1.29 is 0 Å². The smallest absolute Gasteiger partial charge is 0.103 e. The first kappa shape index (κ1) is 11.8. The second kappa shape index (κ2) is 4.75. The first-order valence-corrected chi connectivity index (χ1v) is 6.54. The molecule has 92 valence electrons. The van der Waals surface area contributed by atoms with Crippen molar-refractivity contribution in [2.45, 2.75) is 9.92 Å². The molecule has 19 heavy (non-hydrogen) atoms. The van der Waals surface area contributed by atoms with Crippen LogP contribution in [0.15, 0.2) is 52.6 Å². The quantitative estimate of drug-likeness (QED) is 0.715. The average molecular weight is 266 g/mol. The summed E-state index contributed by atoms with van der Waals surface area (Å²) in [5, 5.41) is 15.0. The third-order valence-corrected chi connectivity index (χ3v) is 3.58. The van der Waals surface area contributed by atoms with E-state index < -0.39 is 0 Å². The normalized spacial score (nSPS) is 10.5. The molecule has 0 aliphatic carbocycles. The maximum Gasteiger partial charge on any atom is 0.103 e. The summed E-state index contributed by atoms with van der Waals surface area (Å²) in [6.45, 7) is 0. The van der Waals surface area contributed by atoms with Crippen LogP contribution in [0.25, 0.3) is 10.9 Å². The number of hydrogen-bond acceptors (Lipinski definition) is 4. The van der Waals surface area contributed by atoms with Crippen molar-refractivity contribution in [3.63, 3.8) is 0 Å². The molecule has 5 heteroatoms. The molecule has 2 aromatic heterocycles. The first-order valence-electron chi connectivity index (χ1n) is 5.72. The molecule has 3 rings (SSSR count). The Balaban J connectivity index is 2.07. The third kappa shape index (κ3) is 2.30. The Labute approximate surface area is 114 Å². The van der Waals surface area contributed by atoms with Gasteiger partial charge in [0, 0.05) is 18.6 Å². The fourth-order valence-corrected chi connectivity index (χ4v) is 2.74. The number of para-hydroxylation sites is 1. The van der Waals surface area contributed by atoms with Crippen LogP contribution in [0, 0.1) is 11.3 Å². The molecule has 4 nitrogen and oxygen atoms in total. The van der Waals surface area contributed by atoms with Gasteiger partial charge in [0.25, 0.3) is 0 Å². The lowest BCUT2D eigenvalue weighted by Crippen LogP contribution is -1.87. The number of nitrogens with zero attached hydrogens (tertiary/aromatic N) is 4. The van der Waals surface area contributed by atoms with Crippen molar-refractivity contribution in [3.05, 3.63) is 48.3 Å². The van der Waals surface area contributed by atoms with Crippen molar-refractivity contribution in [2.24, 2.45) is 7.05 Å². The number of hydrogen-bond donors (Lipinski definition) is 0. The number of rotatable bonds is 2. The molecule has 0 saturated heterocycles. The molecular formula is C14H10N4S. The summed E-state index contributed by atoms with van der Waals surface area (Å²) in [7, 11) is 1.87. The summed E-state index contributed by atoms with van der Waals surface area (Å²) < 4.78 is 1.74. The van der Waals surface area contributed by atoms with Gasteiger partial charge in [0.2, 0.25) is 0 Å². The monoisotopic (exact) mass is 266 g/mol. The molecule has 0 unspecified atom stereocenters. The average Bonchev–Trinajstić information content (AvgIpc) is 2.83. The molecule has 0 atom stereocenters. The fraction of sp³-hybridized carbons (Fsp3) is 0.0714. The number of aromatic nitrogens is 3. The molecule has 0 bridgehead atoms. The third-order valence-electron chi connectivity index (χ3n) is 2.72. The summed E-state index contributed by atoms with van der Waals surface area (Å²) in [6, 6.07) is 11.7. The van der Waals surface area contributed by atoms with Crippen molar-refractivity contribution in [1.82, 2.24) is 14.8 Å². The largest absolute Gasteiger partial charge is 0.275 e. The molecule has 0 radical (unpaired) electrons. The van der Waals surface area contributed by atoms with Gasteiger partial charge < -0.3 is 0 Å². The van der Waals surface area contributed by atoms with Crippen molar-refractivity contribution in [3.8, 4) is 6.07 Å². The van der Waals surface area contributed by atoms with Crippen LogP contribution < -0.4 is 0 Å². The molecule has 0 amide bonds. The Morgan fingerprint density at radius 1 is 1.32 bits per heavy atom. The zero-order chi connectivity index (χ0) is 13.2. The lowest BCUT2D eigenvalue weighted by atomic mass is 10.1. The number of pyridine rings is 1. The molecule has 2 heterocycles. The minimum atomic E-state index is 0.650. The van der Waals surface area contributed by atoms with Crippen molar-refractivity contribution in [1.29, 1.82) is 5.26 Å². The van der Waals surface area contributed by atoms with E-state index in [1.807, 2.05) is 43.6 Å². The van der Waals surface area contributed by atoms with Gasteiger partial charge in [-0.05, 0) is 12.1 Å². The van der Waals surface area contributed by atoms with Gasteiger partial charge in [0.1, 0.15) is 5.03 Å². The van der Waals surface area contributed by atoms with Crippen LogP contribution in [0.4, 0.5) is 0 Å². The molecule has 0 aliphatic heterocycles. The molecule has 0 saturated carbocycles. The highest BCUT2D eigenvalue weighted by Crippen LogP contribution is 2.28. The van der Waals surface area contributed by atoms with E-state index in [9.17, 15) is 5.26 Å². The summed E-state index contributed by atoms with van der Waals surface area (Å²) >= 11 is 1.51. The number of nitriles is 1. The van der Waals surface area contributed by atoms with Crippen molar-refractivity contribution >= 4 is 22.7 Å². The predicted molar refractivity (Wildman–Crippen MR) is 73.8 cm³/mol. The van der Waals surface area contributed by atoms with Gasteiger partial charge in [0.15, 0.2) is 0 Å². The zero-order valence-electron chi connectivity index (χ0n) is 10.2. The lowest BCUT2D eigenvalue weighted by Gasteiger charge is -2.03. The highest BCUT2D eigenvalue weighted by atomic mass is 32.2.